The van der Waals surface area contributed by atoms with Gasteiger partial charge in [-0.05, 0) is 18.9 Å². The zero-order chi connectivity index (χ0) is 16.4. The Hall–Kier alpha value is -1.53. The minimum absolute atomic E-state index is 0.0391. The second-order valence-corrected chi connectivity index (χ2v) is 6.82. The van der Waals surface area contributed by atoms with Gasteiger partial charge in [-0.2, -0.15) is 8.78 Å². The van der Waals surface area contributed by atoms with Crippen molar-refractivity contribution in [3.63, 3.8) is 0 Å². The fourth-order valence-corrected chi connectivity index (χ4v) is 3.80. The van der Waals surface area contributed by atoms with Crippen molar-refractivity contribution in [3.05, 3.63) is 41.1 Å². The Kier molecular flexibility index (Phi) is 3.09. The molecule has 0 bridgehead atoms. The Morgan fingerprint density at radius 3 is 2.74 bits per heavy atom. The van der Waals surface area contributed by atoms with Crippen LogP contribution in [-0.4, -0.2) is 20.5 Å². The van der Waals surface area contributed by atoms with E-state index in [2.05, 4.69) is 15.0 Å². The fourth-order valence-electron chi connectivity index (χ4n) is 3.09. The van der Waals surface area contributed by atoms with Crippen molar-refractivity contribution < 1.29 is 8.78 Å². The van der Waals surface area contributed by atoms with Gasteiger partial charge in [0.1, 0.15) is 16.5 Å². The van der Waals surface area contributed by atoms with E-state index in [0.717, 1.165) is 31.0 Å². The van der Waals surface area contributed by atoms with Gasteiger partial charge in [0.2, 0.25) is 5.82 Å². The van der Waals surface area contributed by atoms with Crippen LogP contribution in [0.4, 0.5) is 20.3 Å². The molecular weight excluding hydrogens is 345 g/mol. The predicted molar refractivity (Wildman–Crippen MR) is 83.5 cm³/mol. The molecular formula is C15H12Cl2F2N4. The third-order valence-corrected chi connectivity index (χ3v) is 5.19. The van der Waals surface area contributed by atoms with Crippen LogP contribution in [0.25, 0.3) is 0 Å². The molecule has 1 aliphatic heterocycles. The van der Waals surface area contributed by atoms with E-state index >= 15 is 0 Å². The van der Waals surface area contributed by atoms with E-state index in [1.807, 2.05) is 6.07 Å². The van der Waals surface area contributed by atoms with Crippen LogP contribution >= 0.6 is 23.2 Å². The van der Waals surface area contributed by atoms with Crippen LogP contribution in [-0.2, 0) is 11.3 Å². The SMILES string of the molecule is CC(F)(F)c1nc(Cl)cc(N2c3ccncc3C3(CC3)C2Cl)n1. The van der Waals surface area contributed by atoms with Crippen molar-refractivity contribution in [2.24, 2.45) is 0 Å². The van der Waals surface area contributed by atoms with Crippen LogP contribution in [0, 0.1) is 0 Å². The molecule has 0 radical (unpaired) electrons. The van der Waals surface area contributed by atoms with Gasteiger partial charge in [-0.25, -0.2) is 9.97 Å². The molecule has 0 aromatic carbocycles. The number of nitrogens with zero attached hydrogens (tertiary/aromatic N) is 4. The van der Waals surface area contributed by atoms with Crippen LogP contribution in [0.5, 0.6) is 0 Å². The van der Waals surface area contributed by atoms with E-state index in [0.29, 0.717) is 0 Å². The summed E-state index contributed by atoms with van der Waals surface area (Å²) in [4.78, 5) is 13.5. The lowest BCUT2D eigenvalue weighted by atomic mass is 10.0. The molecule has 1 aliphatic carbocycles. The van der Waals surface area contributed by atoms with Crippen molar-refractivity contribution >= 4 is 34.7 Å². The van der Waals surface area contributed by atoms with Crippen molar-refractivity contribution in [1.29, 1.82) is 0 Å². The number of aromatic nitrogens is 3. The number of rotatable bonds is 2. The number of alkyl halides is 3. The van der Waals surface area contributed by atoms with Gasteiger partial charge >= 0.3 is 5.92 Å². The smallest absolute Gasteiger partial charge is 0.303 e. The first-order valence-corrected chi connectivity index (χ1v) is 7.95. The topological polar surface area (TPSA) is 41.9 Å². The summed E-state index contributed by atoms with van der Waals surface area (Å²) in [5.41, 5.74) is 1.26. The third-order valence-electron chi connectivity index (χ3n) is 4.39. The molecule has 1 unspecified atom stereocenters. The maximum Gasteiger partial charge on any atom is 0.303 e. The first-order valence-electron chi connectivity index (χ1n) is 7.14. The normalized spacial score (nSPS) is 21.6. The number of hydrogen-bond acceptors (Lipinski definition) is 4. The number of pyridine rings is 1. The summed E-state index contributed by atoms with van der Waals surface area (Å²) in [5.74, 6) is -3.52. The van der Waals surface area contributed by atoms with Crippen molar-refractivity contribution in [2.75, 3.05) is 4.90 Å². The highest BCUT2D eigenvalue weighted by Gasteiger charge is 2.59. The highest BCUT2D eigenvalue weighted by Crippen LogP contribution is 2.62. The summed E-state index contributed by atoms with van der Waals surface area (Å²) < 4.78 is 27.2. The molecule has 4 nitrogen and oxygen atoms in total. The summed E-state index contributed by atoms with van der Waals surface area (Å²) in [6.07, 6.45) is 5.31. The van der Waals surface area contributed by atoms with Gasteiger partial charge in [0.05, 0.1) is 5.69 Å². The molecule has 0 N–H and O–H groups in total. The van der Waals surface area contributed by atoms with E-state index in [-0.39, 0.29) is 16.4 Å². The van der Waals surface area contributed by atoms with E-state index < -0.39 is 17.2 Å². The summed E-state index contributed by atoms with van der Waals surface area (Å²) >= 11 is 12.6. The first-order chi connectivity index (χ1) is 10.8. The molecule has 2 aromatic heterocycles. The molecule has 23 heavy (non-hydrogen) atoms. The second-order valence-electron chi connectivity index (χ2n) is 6.02. The molecule has 1 saturated carbocycles. The monoisotopic (exact) mass is 356 g/mol. The number of halogens is 4. The Balaban J connectivity index is 1.87. The van der Waals surface area contributed by atoms with Gasteiger partial charge in [0.25, 0.3) is 0 Å². The van der Waals surface area contributed by atoms with Crippen molar-refractivity contribution in [1.82, 2.24) is 15.0 Å². The largest absolute Gasteiger partial charge is 0.308 e. The molecule has 1 spiro atoms. The number of fused-ring (bicyclic) bond motifs is 2. The van der Waals surface area contributed by atoms with E-state index in [9.17, 15) is 8.78 Å². The average molecular weight is 357 g/mol. The predicted octanol–water partition coefficient (Wildman–Crippen LogP) is 4.38. The van der Waals surface area contributed by atoms with Gasteiger partial charge in [-0.3, -0.25) is 4.98 Å². The summed E-state index contributed by atoms with van der Waals surface area (Å²) in [5, 5.41) is -0.0391. The zero-order valence-corrected chi connectivity index (χ0v) is 13.6. The summed E-state index contributed by atoms with van der Waals surface area (Å²) in [6, 6.07) is 3.27. The minimum Gasteiger partial charge on any atom is -0.308 e. The highest BCUT2D eigenvalue weighted by atomic mass is 35.5. The first kappa shape index (κ1) is 15.0. The Morgan fingerprint density at radius 2 is 2.09 bits per heavy atom. The van der Waals surface area contributed by atoms with Gasteiger partial charge < -0.3 is 4.90 Å². The van der Waals surface area contributed by atoms with Crippen LogP contribution in [0.1, 0.15) is 31.2 Å². The van der Waals surface area contributed by atoms with Crippen molar-refractivity contribution in [2.45, 2.75) is 36.6 Å². The van der Waals surface area contributed by atoms with Gasteiger partial charge in [0, 0.05) is 36.4 Å². The fraction of sp³-hybridized carbons (Fsp3) is 0.400. The molecule has 0 saturated heterocycles. The summed E-state index contributed by atoms with van der Waals surface area (Å²) in [6.45, 7) is 0.741. The average Bonchev–Trinajstić information content (AvgIpc) is 3.23. The second kappa shape index (κ2) is 4.74. The number of hydrogen-bond donors (Lipinski definition) is 0. The molecule has 4 rings (SSSR count). The van der Waals surface area contributed by atoms with Crippen LogP contribution < -0.4 is 4.90 Å². The highest BCUT2D eigenvalue weighted by molar-refractivity contribution is 6.29. The molecule has 2 aromatic rings. The maximum atomic E-state index is 13.6. The zero-order valence-electron chi connectivity index (χ0n) is 12.1. The molecule has 8 heteroatoms. The van der Waals surface area contributed by atoms with Gasteiger partial charge in [0.15, 0.2) is 0 Å². The van der Waals surface area contributed by atoms with Gasteiger partial charge in [-0.1, -0.05) is 23.2 Å². The third kappa shape index (κ3) is 2.19. The molecule has 3 heterocycles. The Morgan fingerprint density at radius 1 is 1.35 bits per heavy atom. The quantitative estimate of drug-likeness (QED) is 0.454. The van der Waals surface area contributed by atoms with Crippen molar-refractivity contribution in [3.8, 4) is 0 Å². The number of anilines is 2. The van der Waals surface area contributed by atoms with Crippen LogP contribution in [0.3, 0.4) is 0 Å². The summed E-state index contributed by atoms with van der Waals surface area (Å²) in [7, 11) is 0. The molecule has 1 atom stereocenters. The Labute approximate surface area is 141 Å². The lowest BCUT2D eigenvalue weighted by molar-refractivity contribution is 0.00779. The van der Waals surface area contributed by atoms with Crippen LogP contribution in [0.15, 0.2) is 24.5 Å². The van der Waals surface area contributed by atoms with Gasteiger partial charge in [-0.15, -0.1) is 0 Å². The molecule has 0 amide bonds. The van der Waals surface area contributed by atoms with Crippen LogP contribution in [0.2, 0.25) is 5.15 Å². The standard InChI is InChI=1S/C15H12Cl2F2N4/c1-14(18,19)13-21-10(16)6-11(22-13)23-9-2-5-20-7-8(9)15(3-4-15)12(23)17/h2,5-7,12H,3-4H2,1H3. The lowest BCUT2D eigenvalue weighted by Crippen LogP contribution is -2.30. The molecule has 2 aliphatic rings. The van der Waals surface area contributed by atoms with E-state index in [1.54, 1.807) is 17.3 Å². The Bertz CT molecular complexity index is 789. The van der Waals surface area contributed by atoms with E-state index in [4.69, 9.17) is 23.2 Å². The minimum atomic E-state index is -3.18. The lowest BCUT2D eigenvalue weighted by Gasteiger charge is -2.25. The van der Waals surface area contributed by atoms with E-state index in [1.165, 1.54) is 6.07 Å². The maximum absolute atomic E-state index is 13.6. The molecule has 120 valence electrons. The molecule has 1 fully saturated rings.